The molecule has 0 bridgehead atoms. The molecule has 0 radical (unpaired) electrons. The van der Waals surface area contributed by atoms with Crippen LogP contribution in [0.25, 0.3) is 10.9 Å². The lowest BCUT2D eigenvalue weighted by molar-refractivity contribution is -0.123. The number of ether oxygens (including phenoxy) is 1. The number of carbonyl (C=O) groups excluding carboxylic acids is 2. The molecule has 0 spiro atoms. The van der Waals surface area contributed by atoms with E-state index in [-0.39, 0.29) is 12.0 Å². The van der Waals surface area contributed by atoms with Gasteiger partial charge in [0.15, 0.2) is 0 Å². The van der Waals surface area contributed by atoms with Crippen molar-refractivity contribution in [1.82, 2.24) is 25.7 Å². The molecule has 3 rings (SSSR count). The van der Waals surface area contributed by atoms with Crippen LogP contribution in [0.15, 0.2) is 45.2 Å². The Morgan fingerprint density at radius 2 is 1.91 bits per heavy atom. The van der Waals surface area contributed by atoms with Crippen LogP contribution in [-0.4, -0.2) is 44.8 Å². The summed E-state index contributed by atoms with van der Waals surface area (Å²) in [5, 5.41) is 7.32. The topological polar surface area (TPSA) is 161 Å². The van der Waals surface area contributed by atoms with Crippen molar-refractivity contribution in [1.29, 1.82) is 0 Å². The van der Waals surface area contributed by atoms with Gasteiger partial charge in [0, 0.05) is 29.2 Å². The van der Waals surface area contributed by atoms with Crippen LogP contribution in [0.5, 0.6) is 0 Å². The van der Waals surface area contributed by atoms with Crippen LogP contribution in [0, 0.1) is 6.92 Å². The van der Waals surface area contributed by atoms with Crippen molar-refractivity contribution >= 4 is 29.1 Å². The smallest absolute Gasteiger partial charge is 0.408 e. The quantitative estimate of drug-likeness (QED) is 0.281. The fourth-order valence-electron chi connectivity index (χ4n) is 3.18. The van der Waals surface area contributed by atoms with Crippen molar-refractivity contribution in [2.24, 2.45) is 5.10 Å². The third-order valence-corrected chi connectivity index (χ3v) is 4.65. The minimum atomic E-state index is -1.01. The van der Waals surface area contributed by atoms with Gasteiger partial charge in [0.2, 0.25) is 0 Å². The number of hydrogen-bond acceptors (Lipinski definition) is 6. The van der Waals surface area contributed by atoms with Gasteiger partial charge in [-0.2, -0.15) is 5.10 Å². The van der Waals surface area contributed by atoms with Crippen LogP contribution in [0.2, 0.25) is 0 Å². The van der Waals surface area contributed by atoms with Crippen LogP contribution in [0.1, 0.15) is 37.6 Å². The number of alkyl carbamates (subject to hydrolysis) is 1. The van der Waals surface area contributed by atoms with E-state index >= 15 is 0 Å². The van der Waals surface area contributed by atoms with E-state index in [1.165, 1.54) is 6.92 Å². The Morgan fingerprint density at radius 1 is 1.18 bits per heavy atom. The van der Waals surface area contributed by atoms with Gasteiger partial charge in [-0.3, -0.25) is 14.6 Å². The predicted octanol–water partition coefficient (Wildman–Crippen LogP) is 1.44. The molecule has 11 heteroatoms. The van der Waals surface area contributed by atoms with Crippen molar-refractivity contribution in [3.63, 3.8) is 0 Å². The maximum atomic E-state index is 12.9. The first-order chi connectivity index (χ1) is 15.5. The number of hydrazone groups is 1. The van der Waals surface area contributed by atoms with Gasteiger partial charge < -0.3 is 20.0 Å². The zero-order valence-electron chi connectivity index (χ0n) is 18.7. The van der Waals surface area contributed by atoms with E-state index in [1.54, 1.807) is 27.0 Å². The Bertz CT molecular complexity index is 1310. The third kappa shape index (κ3) is 6.19. The molecule has 1 atom stereocenters. The number of nitrogens with one attached hydrogen (secondary N) is 5. The van der Waals surface area contributed by atoms with Crippen molar-refractivity contribution in [3.05, 3.63) is 68.1 Å². The van der Waals surface area contributed by atoms with Crippen molar-refractivity contribution < 1.29 is 14.3 Å². The monoisotopic (exact) mass is 454 g/mol. The highest BCUT2D eigenvalue weighted by Gasteiger charge is 2.25. The molecule has 0 aliphatic heterocycles. The van der Waals surface area contributed by atoms with E-state index in [4.69, 9.17) is 4.74 Å². The van der Waals surface area contributed by atoms with Gasteiger partial charge in [-0.1, -0.05) is 18.2 Å². The number of amides is 2. The van der Waals surface area contributed by atoms with E-state index in [0.29, 0.717) is 5.69 Å². The van der Waals surface area contributed by atoms with Crippen LogP contribution in [-0.2, 0) is 16.0 Å². The molecule has 1 unspecified atom stereocenters. The van der Waals surface area contributed by atoms with E-state index in [9.17, 15) is 19.2 Å². The molecular formula is C22H26N6O5. The van der Waals surface area contributed by atoms with E-state index in [2.05, 4.69) is 30.8 Å². The summed E-state index contributed by atoms with van der Waals surface area (Å²) in [5.41, 5.74) is 2.41. The second-order valence-electron chi connectivity index (χ2n) is 8.44. The lowest BCUT2D eigenvalue weighted by Gasteiger charge is -2.22. The molecule has 0 aliphatic carbocycles. The van der Waals surface area contributed by atoms with Crippen LogP contribution < -0.4 is 22.0 Å². The summed E-state index contributed by atoms with van der Waals surface area (Å²) in [6.45, 7) is 6.69. The van der Waals surface area contributed by atoms with Crippen molar-refractivity contribution in [2.45, 2.75) is 45.8 Å². The number of aryl methyl sites for hydroxylation is 1. The molecule has 0 saturated heterocycles. The summed E-state index contributed by atoms with van der Waals surface area (Å²) in [6.07, 6.45) is 2.31. The van der Waals surface area contributed by atoms with Crippen molar-refractivity contribution in [2.75, 3.05) is 0 Å². The van der Waals surface area contributed by atoms with Gasteiger partial charge in [0.25, 0.3) is 11.5 Å². The Hall–Kier alpha value is -4.15. The molecule has 174 valence electrons. The summed E-state index contributed by atoms with van der Waals surface area (Å²) in [4.78, 5) is 56.1. The number of H-pyrrole nitrogens is 3. The average Bonchev–Trinajstić information content (AvgIpc) is 3.11. The number of para-hydroxylation sites is 1. The lowest BCUT2D eigenvalue weighted by Crippen LogP contribution is -2.48. The number of aromatic amines is 3. The molecule has 5 N–H and O–H groups in total. The predicted molar refractivity (Wildman–Crippen MR) is 123 cm³/mol. The molecule has 33 heavy (non-hydrogen) atoms. The number of aromatic nitrogens is 3. The number of hydrogen-bond donors (Lipinski definition) is 5. The summed E-state index contributed by atoms with van der Waals surface area (Å²) in [7, 11) is 0. The highest BCUT2D eigenvalue weighted by atomic mass is 16.6. The zero-order chi connectivity index (χ0) is 24.2. The molecule has 0 fully saturated rings. The Labute approximate surface area is 188 Å². The summed E-state index contributed by atoms with van der Waals surface area (Å²) in [5.74, 6) is -0.610. The highest BCUT2D eigenvalue weighted by Crippen LogP contribution is 2.19. The largest absolute Gasteiger partial charge is 0.444 e. The third-order valence-electron chi connectivity index (χ3n) is 4.65. The molecule has 1 aromatic carbocycles. The molecule has 11 nitrogen and oxygen atoms in total. The number of benzene rings is 1. The van der Waals surface area contributed by atoms with Crippen LogP contribution >= 0.6 is 0 Å². The van der Waals surface area contributed by atoms with Crippen LogP contribution in [0.4, 0.5) is 4.79 Å². The molecule has 3 aromatic rings. The number of nitrogens with zero attached hydrogens (tertiary/aromatic N) is 1. The number of carbonyl (C=O) groups is 2. The summed E-state index contributed by atoms with van der Waals surface area (Å²) in [6, 6.07) is 6.58. The minimum Gasteiger partial charge on any atom is -0.444 e. The normalized spacial score (nSPS) is 12.6. The van der Waals surface area contributed by atoms with Gasteiger partial charge in [-0.25, -0.2) is 15.0 Å². The molecule has 2 heterocycles. The number of fused-ring (bicyclic) bond motifs is 1. The second-order valence-corrected chi connectivity index (χ2v) is 8.44. The molecule has 0 saturated carbocycles. The van der Waals surface area contributed by atoms with Gasteiger partial charge >= 0.3 is 11.8 Å². The summed E-state index contributed by atoms with van der Waals surface area (Å²) < 4.78 is 5.29. The average molecular weight is 454 g/mol. The molecular weight excluding hydrogens is 428 g/mol. The SMILES string of the molecule is Cc1[nH]c(=O)[nH]c(=O)c1/C=N/NC(=O)C(Cc1c[nH]c2ccccc12)NC(=O)OC(C)(C)C. The molecule has 2 aromatic heterocycles. The van der Waals surface area contributed by atoms with E-state index < -0.39 is 34.9 Å². The Kier molecular flexibility index (Phi) is 6.80. The Morgan fingerprint density at radius 3 is 2.61 bits per heavy atom. The van der Waals surface area contributed by atoms with Gasteiger partial charge in [0.1, 0.15) is 11.6 Å². The fourth-order valence-corrected chi connectivity index (χ4v) is 3.18. The minimum absolute atomic E-state index is 0.0863. The van der Waals surface area contributed by atoms with Gasteiger partial charge in [0.05, 0.1) is 11.8 Å². The van der Waals surface area contributed by atoms with Crippen molar-refractivity contribution in [3.8, 4) is 0 Å². The van der Waals surface area contributed by atoms with E-state index in [0.717, 1.165) is 22.7 Å². The molecule has 0 aliphatic rings. The fraction of sp³-hybridized carbons (Fsp3) is 0.318. The standard InChI is InChI=1S/C22H26N6O5/c1-12-15(18(29)27-20(31)25-12)11-24-28-19(30)17(26-21(32)33-22(2,3)4)9-13-10-23-16-8-6-5-7-14(13)16/h5-8,10-11,17,23H,9H2,1-4H3,(H,26,32)(H,28,30)(H2,25,27,29,31)/b24-11+. The first-order valence-corrected chi connectivity index (χ1v) is 10.2. The highest BCUT2D eigenvalue weighted by molar-refractivity contribution is 5.89. The zero-order valence-corrected chi connectivity index (χ0v) is 18.7. The first kappa shape index (κ1) is 23.5. The van der Waals surface area contributed by atoms with Gasteiger partial charge in [-0.05, 0) is 39.3 Å². The summed E-state index contributed by atoms with van der Waals surface area (Å²) >= 11 is 0. The lowest BCUT2D eigenvalue weighted by atomic mass is 10.0. The first-order valence-electron chi connectivity index (χ1n) is 10.2. The van der Waals surface area contributed by atoms with Crippen LogP contribution in [0.3, 0.4) is 0 Å². The van der Waals surface area contributed by atoms with Gasteiger partial charge in [-0.15, -0.1) is 0 Å². The maximum absolute atomic E-state index is 12.9. The van der Waals surface area contributed by atoms with E-state index in [1.807, 2.05) is 24.3 Å². The molecule has 2 amide bonds. The number of rotatable bonds is 6. The Balaban J connectivity index is 1.80. The maximum Gasteiger partial charge on any atom is 0.408 e. The second kappa shape index (κ2) is 9.55.